The largest absolute Gasteiger partial charge is 0.497 e. The quantitative estimate of drug-likeness (QED) is 0.745. The van der Waals surface area contributed by atoms with Crippen molar-refractivity contribution < 1.29 is 17.9 Å². The van der Waals surface area contributed by atoms with Crippen LogP contribution in [0.4, 0.5) is 13.2 Å². The Morgan fingerprint density at radius 1 is 1.15 bits per heavy atom. The van der Waals surface area contributed by atoms with E-state index in [0.29, 0.717) is 17.0 Å². The predicted molar refractivity (Wildman–Crippen MR) is 89.4 cm³/mol. The number of H-pyrrole nitrogens is 2. The molecule has 0 unspecified atom stereocenters. The van der Waals surface area contributed by atoms with Gasteiger partial charge < -0.3 is 9.72 Å². The Morgan fingerprint density at radius 2 is 1.88 bits per heavy atom. The van der Waals surface area contributed by atoms with Crippen molar-refractivity contribution in [3.8, 4) is 17.0 Å². The van der Waals surface area contributed by atoms with Gasteiger partial charge in [-0.05, 0) is 42.5 Å². The van der Waals surface area contributed by atoms with Crippen molar-refractivity contribution in [1.29, 1.82) is 0 Å². The van der Waals surface area contributed by atoms with E-state index in [1.807, 2.05) is 12.1 Å². The number of hydrogen-bond acceptors (Lipinski definition) is 4. The topological polar surface area (TPSA) is 83.7 Å². The first kappa shape index (κ1) is 17.5. The number of methoxy groups -OCH3 is 1. The van der Waals surface area contributed by atoms with Gasteiger partial charge in [0.15, 0.2) is 0 Å². The summed E-state index contributed by atoms with van der Waals surface area (Å²) in [6, 6.07) is 7.95. The number of ether oxygens (including phenoxy) is 1. The van der Waals surface area contributed by atoms with Crippen molar-refractivity contribution in [2.75, 3.05) is 7.11 Å². The molecule has 0 aliphatic rings. The fourth-order valence-electron chi connectivity index (χ4n) is 2.30. The average Bonchev–Trinajstić information content (AvgIpc) is 3.07. The molecule has 3 aromatic rings. The minimum Gasteiger partial charge on any atom is -0.497 e. The molecule has 1 aromatic carbocycles. The number of hydrogen-bond donors (Lipinski definition) is 2. The van der Waals surface area contributed by atoms with Crippen molar-refractivity contribution in [3.05, 3.63) is 64.0 Å². The van der Waals surface area contributed by atoms with Gasteiger partial charge in [-0.3, -0.25) is 5.10 Å². The van der Waals surface area contributed by atoms with Gasteiger partial charge >= 0.3 is 11.9 Å². The zero-order valence-corrected chi connectivity index (χ0v) is 13.5. The van der Waals surface area contributed by atoms with E-state index in [0.717, 1.165) is 11.6 Å². The van der Waals surface area contributed by atoms with Crippen molar-refractivity contribution in [2.24, 2.45) is 0 Å². The third-order valence-electron chi connectivity index (χ3n) is 3.55. The molecule has 0 aliphatic carbocycles. The molecule has 0 saturated heterocycles. The van der Waals surface area contributed by atoms with Crippen LogP contribution in [-0.4, -0.2) is 27.3 Å². The summed E-state index contributed by atoms with van der Waals surface area (Å²) in [5, 5.41) is 6.78. The number of aromatic amines is 2. The van der Waals surface area contributed by atoms with Gasteiger partial charge in [0.1, 0.15) is 11.4 Å². The van der Waals surface area contributed by atoms with Gasteiger partial charge in [-0.1, -0.05) is 0 Å². The summed E-state index contributed by atoms with van der Waals surface area (Å²) in [6.07, 6.45) is -0.282. The summed E-state index contributed by atoms with van der Waals surface area (Å²) in [4.78, 5) is 16.5. The van der Waals surface area contributed by atoms with Crippen LogP contribution in [0.25, 0.3) is 23.4 Å². The van der Waals surface area contributed by atoms with Crippen molar-refractivity contribution in [1.82, 2.24) is 20.2 Å². The highest BCUT2D eigenvalue weighted by Crippen LogP contribution is 2.28. The third-order valence-corrected chi connectivity index (χ3v) is 3.55. The first-order chi connectivity index (χ1) is 12.4. The maximum absolute atomic E-state index is 12.8. The van der Waals surface area contributed by atoms with Crippen LogP contribution >= 0.6 is 0 Å². The lowest BCUT2D eigenvalue weighted by Crippen LogP contribution is -2.19. The van der Waals surface area contributed by atoms with Crippen LogP contribution in [0.15, 0.2) is 41.3 Å². The Hall–Kier alpha value is -3.36. The standard InChI is InChI=1S/C17H13F3N4O2/c1-26-13-6-3-10(4-7-13)15-11(9-21-24-15)2-5-12-8-14(17(18,19)20)23-16(25)22-12/h2-9H,1H3,(H,21,24)(H,22,23,25). The molecule has 2 aromatic heterocycles. The van der Waals surface area contributed by atoms with Gasteiger partial charge in [0.05, 0.1) is 24.7 Å². The second kappa shape index (κ2) is 6.87. The van der Waals surface area contributed by atoms with E-state index in [4.69, 9.17) is 4.74 Å². The fraction of sp³-hybridized carbons (Fsp3) is 0.118. The Labute approximate surface area is 145 Å². The number of aromatic nitrogens is 4. The Balaban J connectivity index is 1.92. The van der Waals surface area contributed by atoms with Crippen molar-refractivity contribution >= 4 is 12.2 Å². The second-order valence-electron chi connectivity index (χ2n) is 5.28. The lowest BCUT2D eigenvalue weighted by molar-refractivity contribution is -0.141. The highest BCUT2D eigenvalue weighted by Gasteiger charge is 2.32. The number of nitrogens with zero attached hydrogens (tertiary/aromatic N) is 2. The van der Waals surface area contributed by atoms with E-state index in [2.05, 4.69) is 15.2 Å². The van der Waals surface area contributed by atoms with Crippen LogP contribution < -0.4 is 10.4 Å². The molecule has 3 rings (SSSR count). The van der Waals surface area contributed by atoms with Crippen LogP contribution in [0, 0.1) is 0 Å². The van der Waals surface area contributed by atoms with E-state index in [1.165, 1.54) is 18.3 Å². The van der Waals surface area contributed by atoms with Gasteiger partial charge in [-0.25, -0.2) is 4.79 Å². The van der Waals surface area contributed by atoms with Crippen LogP contribution in [0.5, 0.6) is 5.75 Å². The molecule has 0 saturated carbocycles. The predicted octanol–water partition coefficient (Wildman–Crippen LogP) is 3.36. The van der Waals surface area contributed by atoms with Gasteiger partial charge in [-0.2, -0.15) is 23.3 Å². The first-order valence-electron chi connectivity index (χ1n) is 7.41. The summed E-state index contributed by atoms with van der Waals surface area (Å²) in [5.74, 6) is 0.692. The van der Waals surface area contributed by atoms with E-state index < -0.39 is 17.6 Å². The van der Waals surface area contributed by atoms with Crippen molar-refractivity contribution in [2.45, 2.75) is 6.18 Å². The highest BCUT2D eigenvalue weighted by atomic mass is 19.4. The molecule has 26 heavy (non-hydrogen) atoms. The molecule has 9 heteroatoms. The second-order valence-corrected chi connectivity index (χ2v) is 5.28. The highest BCUT2D eigenvalue weighted by molar-refractivity contribution is 5.78. The zero-order chi connectivity index (χ0) is 18.7. The molecule has 2 N–H and O–H groups in total. The monoisotopic (exact) mass is 362 g/mol. The normalized spacial score (nSPS) is 11.8. The van der Waals surface area contributed by atoms with Gasteiger partial charge in [0, 0.05) is 11.1 Å². The Kier molecular flexibility index (Phi) is 4.61. The molecule has 134 valence electrons. The number of nitrogens with one attached hydrogen (secondary N) is 2. The molecular weight excluding hydrogens is 349 g/mol. The maximum atomic E-state index is 12.8. The van der Waals surface area contributed by atoms with E-state index in [9.17, 15) is 18.0 Å². The lowest BCUT2D eigenvalue weighted by Gasteiger charge is -2.06. The van der Waals surface area contributed by atoms with Crippen molar-refractivity contribution in [3.63, 3.8) is 0 Å². The number of benzene rings is 1. The van der Waals surface area contributed by atoms with Crippen LogP contribution in [-0.2, 0) is 6.18 Å². The SMILES string of the molecule is COc1ccc(-c2[nH]ncc2C=Cc2cc(C(F)(F)F)[nH]c(=O)n2)cc1. The molecule has 0 aliphatic heterocycles. The minimum absolute atomic E-state index is 0.108. The zero-order valence-electron chi connectivity index (χ0n) is 13.5. The molecule has 0 amide bonds. The summed E-state index contributed by atoms with van der Waals surface area (Å²) < 4.78 is 43.4. The van der Waals surface area contributed by atoms with Gasteiger partial charge in [0.25, 0.3) is 0 Å². The van der Waals surface area contributed by atoms with E-state index in [1.54, 1.807) is 24.2 Å². The van der Waals surface area contributed by atoms with Gasteiger partial charge in [-0.15, -0.1) is 0 Å². The maximum Gasteiger partial charge on any atom is 0.431 e. The Bertz CT molecular complexity index is 988. The summed E-state index contributed by atoms with van der Waals surface area (Å²) in [5.41, 5.74) is -0.210. The summed E-state index contributed by atoms with van der Waals surface area (Å²) >= 11 is 0. The summed E-state index contributed by atoms with van der Waals surface area (Å²) in [6.45, 7) is 0. The van der Waals surface area contributed by atoms with E-state index >= 15 is 0 Å². The molecule has 0 radical (unpaired) electrons. The number of rotatable bonds is 4. The third kappa shape index (κ3) is 3.82. The molecule has 0 bridgehead atoms. The minimum atomic E-state index is -4.66. The average molecular weight is 362 g/mol. The molecule has 6 nitrogen and oxygen atoms in total. The molecule has 0 atom stereocenters. The number of alkyl halides is 3. The lowest BCUT2D eigenvalue weighted by atomic mass is 10.1. The summed E-state index contributed by atoms with van der Waals surface area (Å²) in [7, 11) is 1.56. The molecule has 0 spiro atoms. The number of halogens is 3. The van der Waals surface area contributed by atoms with Gasteiger partial charge in [0.2, 0.25) is 0 Å². The molecule has 2 heterocycles. The smallest absolute Gasteiger partial charge is 0.431 e. The van der Waals surface area contributed by atoms with E-state index in [-0.39, 0.29) is 5.69 Å². The molecule has 0 fully saturated rings. The first-order valence-corrected chi connectivity index (χ1v) is 7.41. The Morgan fingerprint density at radius 3 is 2.54 bits per heavy atom. The van der Waals surface area contributed by atoms with Crippen LogP contribution in [0.3, 0.4) is 0 Å². The fourth-order valence-corrected chi connectivity index (χ4v) is 2.30. The molecular formula is C17H13F3N4O2. The van der Waals surface area contributed by atoms with Crippen LogP contribution in [0.2, 0.25) is 0 Å². The van der Waals surface area contributed by atoms with Crippen LogP contribution in [0.1, 0.15) is 17.0 Å².